The number of aromatic nitrogens is 1. The second-order valence-corrected chi connectivity index (χ2v) is 6.57. The molecule has 3 N–H and O–H groups in total. The number of anilines is 1. The van der Waals surface area contributed by atoms with Crippen LogP contribution in [0.1, 0.15) is 26.3 Å². The van der Waals surface area contributed by atoms with Gasteiger partial charge >= 0.3 is 0 Å². The molecule has 0 fully saturated rings. The van der Waals surface area contributed by atoms with Crippen molar-refractivity contribution in [2.24, 2.45) is 11.3 Å². The van der Waals surface area contributed by atoms with Gasteiger partial charge in [-0.15, -0.1) is 0 Å². The average Bonchev–Trinajstić information content (AvgIpc) is 2.35. The Balaban J connectivity index is 2.28. The Morgan fingerprint density at radius 3 is 2.60 bits per heavy atom. The van der Waals surface area contributed by atoms with Crippen LogP contribution < -0.4 is 11.3 Å². The first-order valence-electron chi connectivity index (χ1n) is 6.93. The highest BCUT2D eigenvalue weighted by atomic mass is 15.3. The number of benzene rings is 1. The number of nitrogens with two attached hydrogens (primary N) is 1. The van der Waals surface area contributed by atoms with Crippen molar-refractivity contribution in [3.8, 4) is 0 Å². The maximum atomic E-state index is 5.61. The van der Waals surface area contributed by atoms with Gasteiger partial charge in [0.25, 0.3) is 0 Å². The minimum atomic E-state index is 0.273. The molecule has 108 valence electrons. The van der Waals surface area contributed by atoms with E-state index in [-0.39, 0.29) is 5.41 Å². The van der Waals surface area contributed by atoms with E-state index >= 15 is 0 Å². The summed E-state index contributed by atoms with van der Waals surface area (Å²) in [6.07, 6.45) is 0. The fraction of sp³-hybridized carbons (Fsp3) is 0.438. The average molecular weight is 272 g/mol. The highest BCUT2D eigenvalue weighted by Crippen LogP contribution is 2.22. The lowest BCUT2D eigenvalue weighted by Gasteiger charge is -2.27. The van der Waals surface area contributed by atoms with Crippen molar-refractivity contribution in [1.29, 1.82) is 0 Å². The predicted octanol–water partition coefficient (Wildman–Crippen LogP) is 3.00. The predicted molar refractivity (Wildman–Crippen MR) is 85.3 cm³/mol. The van der Waals surface area contributed by atoms with Gasteiger partial charge < -0.3 is 10.3 Å². The summed E-state index contributed by atoms with van der Waals surface area (Å²) < 4.78 is 0. The van der Waals surface area contributed by atoms with Crippen LogP contribution in [-0.2, 0) is 6.54 Å². The maximum Gasteiger partial charge on any atom is 0.145 e. The van der Waals surface area contributed by atoms with E-state index < -0.39 is 0 Å². The Morgan fingerprint density at radius 2 is 1.95 bits per heavy atom. The summed E-state index contributed by atoms with van der Waals surface area (Å²) in [5.74, 6) is 6.37. The molecule has 1 aromatic carbocycles. The molecule has 0 unspecified atom stereocenters. The third-order valence-electron chi connectivity index (χ3n) is 3.12. The smallest absolute Gasteiger partial charge is 0.145 e. The molecule has 0 spiro atoms. The third-order valence-corrected chi connectivity index (χ3v) is 3.12. The summed E-state index contributed by atoms with van der Waals surface area (Å²) in [6, 6.07) is 10.3. The first-order valence-corrected chi connectivity index (χ1v) is 6.93. The van der Waals surface area contributed by atoms with Crippen molar-refractivity contribution < 1.29 is 0 Å². The number of hydrazine groups is 1. The van der Waals surface area contributed by atoms with Crippen LogP contribution in [0.4, 0.5) is 5.82 Å². The molecule has 20 heavy (non-hydrogen) atoms. The highest BCUT2D eigenvalue weighted by Gasteiger charge is 2.15. The normalized spacial score (nSPS) is 12.1. The minimum Gasteiger partial charge on any atom is -0.308 e. The molecule has 0 aliphatic heterocycles. The molecule has 4 heteroatoms. The van der Waals surface area contributed by atoms with Gasteiger partial charge in [-0.25, -0.2) is 10.8 Å². The summed E-state index contributed by atoms with van der Waals surface area (Å²) in [7, 11) is 2.13. The van der Waals surface area contributed by atoms with Crippen molar-refractivity contribution in [1.82, 2.24) is 9.88 Å². The first kappa shape index (κ1) is 14.8. The Hall–Kier alpha value is -1.65. The topological polar surface area (TPSA) is 54.2 Å². The monoisotopic (exact) mass is 272 g/mol. The van der Waals surface area contributed by atoms with Crippen molar-refractivity contribution in [3.63, 3.8) is 0 Å². The number of pyridine rings is 1. The zero-order valence-electron chi connectivity index (χ0n) is 12.8. The van der Waals surface area contributed by atoms with Gasteiger partial charge in [0.2, 0.25) is 0 Å². The molecule has 1 aromatic heterocycles. The molecule has 4 nitrogen and oxygen atoms in total. The van der Waals surface area contributed by atoms with Crippen LogP contribution in [0.2, 0.25) is 0 Å². The van der Waals surface area contributed by atoms with E-state index in [4.69, 9.17) is 5.84 Å². The van der Waals surface area contributed by atoms with Crippen LogP contribution >= 0.6 is 0 Å². The number of nitrogens with zero attached hydrogens (tertiary/aromatic N) is 2. The van der Waals surface area contributed by atoms with Crippen molar-refractivity contribution in [3.05, 3.63) is 35.9 Å². The largest absolute Gasteiger partial charge is 0.308 e. The van der Waals surface area contributed by atoms with E-state index in [1.54, 1.807) is 0 Å². The fourth-order valence-electron chi connectivity index (χ4n) is 2.56. The zero-order valence-corrected chi connectivity index (χ0v) is 12.8. The van der Waals surface area contributed by atoms with Crippen LogP contribution in [-0.4, -0.2) is 23.5 Å². The molecule has 2 rings (SSSR count). The number of para-hydroxylation sites is 1. The summed E-state index contributed by atoms with van der Waals surface area (Å²) in [5, 5.41) is 1.14. The number of fused-ring (bicyclic) bond motifs is 1. The summed E-state index contributed by atoms with van der Waals surface area (Å²) in [6.45, 7) is 8.57. The number of hydrogen-bond donors (Lipinski definition) is 2. The van der Waals surface area contributed by atoms with E-state index in [9.17, 15) is 0 Å². The van der Waals surface area contributed by atoms with Gasteiger partial charge in [0.05, 0.1) is 5.52 Å². The van der Waals surface area contributed by atoms with E-state index in [0.717, 1.165) is 35.4 Å². The number of nitrogen functional groups attached to an aromatic ring is 1. The summed E-state index contributed by atoms with van der Waals surface area (Å²) >= 11 is 0. The lowest BCUT2D eigenvalue weighted by molar-refractivity contribution is 0.221. The van der Waals surface area contributed by atoms with Gasteiger partial charge in [-0.1, -0.05) is 39.0 Å². The molecular formula is C16H24N4. The molecule has 0 aliphatic carbocycles. The summed E-state index contributed by atoms with van der Waals surface area (Å²) in [5.41, 5.74) is 5.08. The molecule has 0 saturated heterocycles. The van der Waals surface area contributed by atoms with E-state index in [0.29, 0.717) is 0 Å². The summed E-state index contributed by atoms with van der Waals surface area (Å²) in [4.78, 5) is 6.88. The van der Waals surface area contributed by atoms with Crippen molar-refractivity contribution in [2.75, 3.05) is 19.0 Å². The molecule has 0 bridgehead atoms. The molecule has 0 atom stereocenters. The number of rotatable bonds is 4. The quantitative estimate of drug-likeness (QED) is 0.663. The van der Waals surface area contributed by atoms with E-state index in [2.05, 4.69) is 55.3 Å². The van der Waals surface area contributed by atoms with Crippen molar-refractivity contribution >= 4 is 16.7 Å². The zero-order chi connectivity index (χ0) is 14.8. The van der Waals surface area contributed by atoms with Crippen LogP contribution in [0.25, 0.3) is 10.9 Å². The number of nitrogens with one attached hydrogen (secondary N) is 1. The lowest BCUT2D eigenvalue weighted by Crippen LogP contribution is -2.29. The van der Waals surface area contributed by atoms with E-state index in [1.807, 2.05) is 18.2 Å². The Morgan fingerprint density at radius 1 is 1.25 bits per heavy atom. The second-order valence-electron chi connectivity index (χ2n) is 6.57. The first-order chi connectivity index (χ1) is 9.39. The third kappa shape index (κ3) is 3.68. The Labute approximate surface area is 121 Å². The molecular weight excluding hydrogens is 248 g/mol. The Bertz CT molecular complexity index is 587. The van der Waals surface area contributed by atoms with Crippen LogP contribution in [0.15, 0.2) is 30.3 Å². The number of hydrogen-bond acceptors (Lipinski definition) is 4. The van der Waals surface area contributed by atoms with Crippen LogP contribution in [0.5, 0.6) is 0 Å². The van der Waals surface area contributed by atoms with Gasteiger partial charge in [-0.05, 0) is 24.6 Å². The van der Waals surface area contributed by atoms with Crippen LogP contribution in [0.3, 0.4) is 0 Å². The standard InChI is InChI=1S/C16H24N4/c1-16(2,3)11-20(4)10-13-9-12-7-5-6-8-14(12)18-15(13)19-17/h5-9H,10-11,17H2,1-4H3,(H,18,19). The molecule has 0 saturated carbocycles. The molecule has 0 radical (unpaired) electrons. The SMILES string of the molecule is CN(Cc1cc2ccccc2nc1NN)CC(C)(C)C. The maximum absolute atomic E-state index is 5.61. The second kappa shape index (κ2) is 5.77. The van der Waals surface area contributed by atoms with Gasteiger partial charge in [0.1, 0.15) is 5.82 Å². The van der Waals surface area contributed by atoms with Crippen molar-refractivity contribution in [2.45, 2.75) is 27.3 Å². The van der Waals surface area contributed by atoms with Gasteiger partial charge in [0.15, 0.2) is 0 Å². The van der Waals surface area contributed by atoms with Gasteiger partial charge in [-0.3, -0.25) is 0 Å². The molecule has 0 aliphatic rings. The highest BCUT2D eigenvalue weighted by molar-refractivity contribution is 5.81. The van der Waals surface area contributed by atoms with Crippen LogP contribution in [0, 0.1) is 5.41 Å². The fourth-order valence-corrected chi connectivity index (χ4v) is 2.56. The van der Waals surface area contributed by atoms with Gasteiger partial charge in [-0.2, -0.15) is 0 Å². The Kier molecular flexibility index (Phi) is 4.26. The minimum absolute atomic E-state index is 0.273. The van der Waals surface area contributed by atoms with Gasteiger partial charge in [0, 0.05) is 24.0 Å². The lowest BCUT2D eigenvalue weighted by atomic mass is 9.96. The molecule has 1 heterocycles. The van der Waals surface area contributed by atoms with E-state index in [1.165, 1.54) is 0 Å². The molecule has 2 aromatic rings. The molecule has 0 amide bonds.